The minimum absolute atomic E-state index is 0. The maximum Gasteiger partial charge on any atom is 0.309 e. The van der Waals surface area contributed by atoms with Crippen molar-refractivity contribution in [2.75, 3.05) is 0 Å². The van der Waals surface area contributed by atoms with E-state index in [0.717, 1.165) is 0 Å². The number of carboxylic acid groups (broad SMARTS) is 1. The predicted octanol–water partition coefficient (Wildman–Crippen LogP) is 1.51. The number of carboxylic acids is 1. The summed E-state index contributed by atoms with van der Waals surface area (Å²) >= 11 is 0. The van der Waals surface area contributed by atoms with E-state index in [-0.39, 0.29) is 0 Å². The van der Waals surface area contributed by atoms with Gasteiger partial charge in [-0.2, -0.15) is 0 Å². The first-order chi connectivity index (χ1) is 3.50. The Labute approximate surface area is 49.5 Å². The topological polar surface area (TPSA) is 37.3 Å². The molecule has 0 rings (SSSR count). The number of rotatable bonds is 2. The van der Waals surface area contributed by atoms with Gasteiger partial charge in [0, 0.05) is 0 Å². The average molecular weight is 383 g/mol. The second-order valence-corrected chi connectivity index (χ2v) is 2.54. The average Bonchev–Trinajstić information content (AvgIpc) is 1.67. The number of carbonyl (C=O) groups is 1. The van der Waals surface area contributed by atoms with Crippen LogP contribution in [0.4, 0.5) is 0 Å². The Balaban J connectivity index is 0. The van der Waals surface area contributed by atoms with Gasteiger partial charge in [0.15, 0.2) is 0 Å². The molecule has 9 heavy (non-hydrogen) atoms. The normalized spacial score (nSPS) is 10.1. The first-order valence-electron chi connectivity index (χ1n) is 2.74. The van der Waals surface area contributed by atoms with Crippen molar-refractivity contribution in [1.82, 2.24) is 0 Å². The Bertz CT molecular complexity index is 99.2. The van der Waals surface area contributed by atoms with Crippen LogP contribution in [0.5, 0.6) is 0 Å². The zero-order valence-electron chi connectivity index (χ0n) is 6.27. The van der Waals surface area contributed by atoms with E-state index in [1.54, 1.807) is 13.8 Å². The summed E-state index contributed by atoms with van der Waals surface area (Å²) in [5.41, 5.74) is -0.542. The molecule has 0 unspecified atom stereocenters. The van der Waals surface area contributed by atoms with Crippen LogP contribution in [0.15, 0.2) is 0 Å². The molecule has 0 aliphatic heterocycles. The van der Waals surface area contributed by atoms with Gasteiger partial charge in [-0.15, -0.1) is 0 Å². The molecule has 0 aromatic heterocycles. The number of aliphatic carboxylic acids is 1. The van der Waals surface area contributed by atoms with Crippen molar-refractivity contribution in [3.05, 3.63) is 0 Å². The summed E-state index contributed by atoms with van der Waals surface area (Å²) in [6.45, 7) is 5.30. The zero-order chi connectivity index (χ0) is 6.78. The quantitative estimate of drug-likeness (QED) is 0.785. The van der Waals surface area contributed by atoms with E-state index >= 15 is 0 Å². The van der Waals surface area contributed by atoms with E-state index < -0.39 is 11.4 Å². The molecule has 0 saturated heterocycles. The molecule has 0 heterocycles. The number of hydrogen-bond donors (Lipinski definition) is 1. The van der Waals surface area contributed by atoms with E-state index in [2.05, 4.69) is 0 Å². The van der Waals surface area contributed by atoms with E-state index in [4.69, 9.17) is 5.11 Å². The van der Waals surface area contributed by atoms with Crippen LogP contribution in [0, 0.1) is 5.41 Å². The first kappa shape index (κ1) is 10.5. The molecule has 0 aromatic rings. The second-order valence-electron chi connectivity index (χ2n) is 2.54. The molecule has 0 atom stereocenters. The fourth-order valence-electron chi connectivity index (χ4n) is 0.151. The molecule has 3 heteroatoms. The Morgan fingerprint density at radius 1 is 1.56 bits per heavy atom. The van der Waals surface area contributed by atoms with Crippen LogP contribution in [0.25, 0.3) is 0 Å². The molecule has 0 amide bonds. The van der Waals surface area contributed by atoms with Crippen molar-refractivity contribution >= 4 is 5.97 Å². The van der Waals surface area contributed by atoms with E-state index in [1.807, 2.05) is 6.92 Å². The van der Waals surface area contributed by atoms with Gasteiger partial charge < -0.3 is 5.11 Å². The fourth-order valence-corrected chi connectivity index (χ4v) is 0.151. The van der Waals surface area contributed by atoms with Gasteiger partial charge in [0.2, 0.25) is 0 Å². The van der Waals surface area contributed by atoms with Crippen LogP contribution in [0.1, 0.15) is 27.2 Å². The summed E-state index contributed by atoms with van der Waals surface area (Å²) in [4.78, 5) is 10.3. The second kappa shape index (κ2) is 2.70. The molecule has 0 bridgehead atoms. The maximum absolute atomic E-state index is 10.3. The summed E-state index contributed by atoms with van der Waals surface area (Å²) < 4.78 is 0. The molecule has 0 spiro atoms. The van der Waals surface area contributed by atoms with Crippen LogP contribution >= 0.6 is 0 Å². The van der Waals surface area contributed by atoms with E-state index in [1.165, 1.54) is 0 Å². The third-order valence-electron chi connectivity index (χ3n) is 1.46. The van der Waals surface area contributed by atoms with E-state index in [9.17, 15) is 4.79 Å². The molecule has 50 valence electrons. The fraction of sp³-hybridized carbons (Fsp3) is 0.833. The first-order valence-corrected chi connectivity index (χ1v) is 2.74. The van der Waals surface area contributed by atoms with Crippen molar-refractivity contribution in [3.63, 3.8) is 0 Å². The Kier molecular flexibility index (Phi) is 3.13. The van der Waals surface area contributed by atoms with Gasteiger partial charge in [-0.3, -0.25) is 4.79 Å². The van der Waals surface area contributed by atoms with Gasteiger partial charge in [0.25, 0.3) is 0 Å². The van der Waals surface area contributed by atoms with E-state index in [0.29, 0.717) is 6.42 Å². The standard InChI is InChI=1S/C6H12O2.Rf/c1-4-6(2,3)5(7)8;/h4H2,1-3H3,(H,7,8);. The number of hydrogen-bond acceptors (Lipinski definition) is 1. The molecule has 0 radical (unpaired) electrons. The third-order valence-corrected chi connectivity index (χ3v) is 1.46. The predicted molar refractivity (Wildman–Crippen MR) is 31.7 cm³/mol. The Morgan fingerprint density at radius 2 is 1.89 bits per heavy atom. The largest absolute Gasteiger partial charge is 0.481 e. The summed E-state index contributed by atoms with van der Waals surface area (Å²) in [7, 11) is 0. The molecule has 0 aliphatic rings. The molecular formula is C6H12O2Rf. The van der Waals surface area contributed by atoms with Gasteiger partial charge in [-0.05, 0) is 20.3 Å². The molecule has 0 aromatic carbocycles. The Morgan fingerprint density at radius 3 is 1.89 bits per heavy atom. The van der Waals surface area contributed by atoms with Crippen LogP contribution in [0.2, 0.25) is 0 Å². The molecule has 1 N–H and O–H groups in total. The summed E-state index contributed by atoms with van der Waals surface area (Å²) in [5, 5.41) is 8.44. The van der Waals surface area contributed by atoms with Gasteiger partial charge >= 0.3 is 5.97 Å². The van der Waals surface area contributed by atoms with Crippen molar-refractivity contribution < 1.29 is 9.90 Å². The zero-order valence-corrected chi connectivity index (χ0v) is 12.7. The van der Waals surface area contributed by atoms with Gasteiger partial charge in [-0.25, -0.2) is 0 Å². The SMILES string of the molecule is CCC(C)(C)C(=O)O.[Rf]. The molecule has 0 fully saturated rings. The van der Waals surface area contributed by atoms with Crippen molar-refractivity contribution in [3.8, 4) is 0 Å². The summed E-state index contributed by atoms with van der Waals surface area (Å²) in [5.74, 6) is -0.722. The van der Waals surface area contributed by atoms with Gasteiger partial charge in [0.05, 0.1) is 5.41 Å². The van der Waals surface area contributed by atoms with Crippen molar-refractivity contribution in [2.24, 2.45) is 5.41 Å². The Hall–Kier alpha value is -1.53. The minimum Gasteiger partial charge on any atom is -0.481 e. The monoisotopic (exact) mass is 383 g/mol. The molecule has 0 saturated carbocycles. The smallest absolute Gasteiger partial charge is 0.309 e. The van der Waals surface area contributed by atoms with Crippen LogP contribution < -0.4 is 0 Å². The molecule has 0 aliphatic carbocycles. The third kappa shape index (κ3) is 2.32. The minimum atomic E-state index is -0.722. The molecular weight excluding hydrogens is 371 g/mol. The van der Waals surface area contributed by atoms with Gasteiger partial charge in [-0.1, -0.05) is 6.92 Å². The summed E-state index contributed by atoms with van der Waals surface area (Å²) in [6, 6.07) is 0. The van der Waals surface area contributed by atoms with Crippen LogP contribution in [0.3, 0.4) is 0 Å². The summed E-state index contributed by atoms with van der Waals surface area (Å²) in [6.07, 6.45) is 0.683. The van der Waals surface area contributed by atoms with Crippen LogP contribution in [-0.2, 0) is 4.79 Å². The maximum atomic E-state index is 10.3. The van der Waals surface area contributed by atoms with Crippen molar-refractivity contribution in [2.45, 2.75) is 27.2 Å². The van der Waals surface area contributed by atoms with Crippen molar-refractivity contribution in [1.29, 1.82) is 0 Å². The molecule has 2 nitrogen and oxygen atoms in total. The van der Waals surface area contributed by atoms with Gasteiger partial charge in [0.1, 0.15) is 0 Å². The van der Waals surface area contributed by atoms with Crippen LogP contribution in [-0.4, -0.2) is 11.1 Å².